The molecule has 0 radical (unpaired) electrons. The average molecular weight is 409 g/mol. The molecule has 1 saturated carbocycles. The number of amides is 1. The fraction of sp³-hybridized carbons (Fsp3) is 0.250. The molecule has 1 heterocycles. The first kappa shape index (κ1) is 19.6. The van der Waals surface area contributed by atoms with Crippen LogP contribution in [0.5, 0.6) is 0 Å². The number of carbonyl (C=O) groups excluding carboxylic acids is 1. The predicted octanol–water partition coefficient (Wildman–Crippen LogP) is 5.46. The van der Waals surface area contributed by atoms with Gasteiger partial charge in [0.15, 0.2) is 0 Å². The van der Waals surface area contributed by atoms with Gasteiger partial charge in [-0.3, -0.25) is 4.79 Å². The van der Waals surface area contributed by atoms with Crippen LogP contribution in [-0.4, -0.2) is 17.0 Å². The van der Waals surface area contributed by atoms with E-state index in [4.69, 9.17) is 0 Å². The Hall–Kier alpha value is -3.33. The van der Waals surface area contributed by atoms with Gasteiger partial charge in [0.1, 0.15) is 0 Å². The monoisotopic (exact) mass is 408 g/mol. The van der Waals surface area contributed by atoms with Gasteiger partial charge < -0.3 is 9.88 Å². The number of hydrogen-bond donors (Lipinski definition) is 1. The van der Waals surface area contributed by atoms with Crippen molar-refractivity contribution >= 4 is 16.8 Å². The summed E-state index contributed by atoms with van der Waals surface area (Å²) in [7, 11) is 0. The van der Waals surface area contributed by atoms with Crippen molar-refractivity contribution in [3.8, 4) is 0 Å². The fourth-order valence-electron chi connectivity index (χ4n) is 4.53. The maximum absolute atomic E-state index is 12.7. The number of fused-ring (bicyclic) bond motifs is 1. The molecule has 1 aliphatic carbocycles. The quantitative estimate of drug-likeness (QED) is 0.433. The molecule has 0 unspecified atom stereocenters. The third-order valence-corrected chi connectivity index (χ3v) is 6.38. The summed E-state index contributed by atoms with van der Waals surface area (Å²) in [5.41, 5.74) is 6.39. The van der Waals surface area contributed by atoms with Gasteiger partial charge in [-0.2, -0.15) is 0 Å². The third-order valence-electron chi connectivity index (χ3n) is 6.38. The number of benzene rings is 3. The van der Waals surface area contributed by atoms with E-state index in [9.17, 15) is 4.79 Å². The van der Waals surface area contributed by atoms with Crippen LogP contribution in [0, 0.1) is 12.8 Å². The maximum atomic E-state index is 12.7. The van der Waals surface area contributed by atoms with Gasteiger partial charge in [-0.05, 0) is 48.4 Å². The number of para-hydroxylation sites is 1. The number of rotatable bonds is 7. The van der Waals surface area contributed by atoms with Crippen LogP contribution in [0.2, 0.25) is 0 Å². The van der Waals surface area contributed by atoms with Gasteiger partial charge in [0.05, 0.1) is 0 Å². The summed E-state index contributed by atoms with van der Waals surface area (Å²) in [4.78, 5) is 12.7. The lowest BCUT2D eigenvalue weighted by Crippen LogP contribution is -2.27. The molecule has 31 heavy (non-hydrogen) atoms. The lowest BCUT2D eigenvalue weighted by Gasteiger charge is -2.06. The summed E-state index contributed by atoms with van der Waals surface area (Å²) < 4.78 is 2.33. The smallest absolute Gasteiger partial charge is 0.223 e. The van der Waals surface area contributed by atoms with E-state index in [1.54, 1.807) is 0 Å². The molecule has 2 atom stereocenters. The maximum Gasteiger partial charge on any atom is 0.223 e. The highest BCUT2D eigenvalue weighted by Gasteiger charge is 2.45. The molecular weight excluding hydrogens is 380 g/mol. The molecule has 156 valence electrons. The van der Waals surface area contributed by atoms with Crippen LogP contribution in [0.25, 0.3) is 10.9 Å². The summed E-state index contributed by atoms with van der Waals surface area (Å²) >= 11 is 0. The summed E-state index contributed by atoms with van der Waals surface area (Å²) in [6.07, 6.45) is 4.09. The molecule has 1 fully saturated rings. The molecule has 1 N–H and O–H groups in total. The summed E-state index contributed by atoms with van der Waals surface area (Å²) in [6, 6.07) is 27.6. The highest BCUT2D eigenvalue weighted by Crippen LogP contribution is 2.50. The number of hydrogen-bond acceptors (Lipinski definition) is 1. The zero-order valence-electron chi connectivity index (χ0n) is 17.9. The van der Waals surface area contributed by atoms with Crippen LogP contribution >= 0.6 is 0 Å². The van der Waals surface area contributed by atoms with Crippen LogP contribution in [0.1, 0.15) is 34.6 Å². The SMILES string of the molecule is Cc1ccc(Cn2cc([C@H]3C[C@@H]3C(=O)NCCc3ccccc3)c3ccccc32)cc1. The van der Waals surface area contributed by atoms with Crippen molar-refractivity contribution in [3.05, 3.63) is 107 Å². The molecule has 0 spiro atoms. The second-order valence-corrected chi connectivity index (χ2v) is 8.69. The Labute approximate surface area is 183 Å². The average Bonchev–Trinajstić information content (AvgIpc) is 3.52. The molecule has 1 aromatic heterocycles. The molecule has 1 amide bonds. The Morgan fingerprint density at radius 3 is 2.48 bits per heavy atom. The van der Waals surface area contributed by atoms with E-state index >= 15 is 0 Å². The highest BCUT2D eigenvalue weighted by atomic mass is 16.2. The second kappa shape index (κ2) is 8.43. The van der Waals surface area contributed by atoms with E-state index in [1.165, 1.54) is 33.2 Å². The first-order valence-corrected chi connectivity index (χ1v) is 11.1. The minimum atomic E-state index is 0.0920. The Bertz CT molecular complexity index is 1190. The molecule has 3 heteroatoms. The molecular formula is C28H28N2O. The zero-order valence-corrected chi connectivity index (χ0v) is 17.9. The fourth-order valence-corrected chi connectivity index (χ4v) is 4.53. The summed E-state index contributed by atoms with van der Waals surface area (Å²) in [5, 5.41) is 4.42. The van der Waals surface area contributed by atoms with E-state index in [1.807, 2.05) is 18.2 Å². The second-order valence-electron chi connectivity index (χ2n) is 8.69. The standard InChI is InChI=1S/C28H28N2O/c1-20-11-13-22(14-12-20)18-30-19-26(23-9-5-6-10-27(23)30)24-17-25(24)28(31)29-16-15-21-7-3-2-4-8-21/h2-14,19,24-25H,15-18H2,1H3,(H,29,31)/t24-,25-/m0/s1. The van der Waals surface area contributed by atoms with Gasteiger partial charge in [0.2, 0.25) is 5.91 Å². The van der Waals surface area contributed by atoms with E-state index in [-0.39, 0.29) is 11.8 Å². The number of aromatic nitrogens is 1. The van der Waals surface area contributed by atoms with E-state index in [0.717, 1.165) is 19.4 Å². The lowest BCUT2D eigenvalue weighted by molar-refractivity contribution is -0.122. The molecule has 0 aliphatic heterocycles. The largest absolute Gasteiger partial charge is 0.356 e. The van der Waals surface area contributed by atoms with Gasteiger partial charge in [-0.1, -0.05) is 78.4 Å². The summed E-state index contributed by atoms with van der Waals surface area (Å²) in [6.45, 7) is 3.66. The number of aryl methyl sites for hydroxylation is 1. The molecule has 1 aliphatic rings. The van der Waals surface area contributed by atoms with Gasteiger partial charge in [-0.15, -0.1) is 0 Å². The van der Waals surface area contributed by atoms with Gasteiger partial charge in [-0.25, -0.2) is 0 Å². The molecule has 4 aromatic rings. The van der Waals surface area contributed by atoms with Crippen molar-refractivity contribution < 1.29 is 4.79 Å². The van der Waals surface area contributed by atoms with Crippen molar-refractivity contribution in [3.63, 3.8) is 0 Å². The van der Waals surface area contributed by atoms with Gasteiger partial charge in [0, 0.05) is 36.1 Å². The van der Waals surface area contributed by atoms with E-state index in [0.29, 0.717) is 12.5 Å². The van der Waals surface area contributed by atoms with Crippen molar-refractivity contribution in [2.45, 2.75) is 32.2 Å². The minimum absolute atomic E-state index is 0.0920. The van der Waals surface area contributed by atoms with Crippen LogP contribution in [0.4, 0.5) is 0 Å². The molecule has 5 rings (SSSR count). The van der Waals surface area contributed by atoms with Gasteiger partial charge >= 0.3 is 0 Å². The van der Waals surface area contributed by atoms with Crippen molar-refractivity contribution in [1.82, 2.24) is 9.88 Å². The number of nitrogens with one attached hydrogen (secondary N) is 1. The van der Waals surface area contributed by atoms with E-state index < -0.39 is 0 Å². The van der Waals surface area contributed by atoms with Crippen molar-refractivity contribution in [1.29, 1.82) is 0 Å². The van der Waals surface area contributed by atoms with Gasteiger partial charge in [0.25, 0.3) is 0 Å². The Balaban J connectivity index is 1.28. The first-order chi connectivity index (χ1) is 15.2. The lowest BCUT2D eigenvalue weighted by atomic mass is 10.1. The van der Waals surface area contributed by atoms with Crippen LogP contribution in [0.15, 0.2) is 85.1 Å². The van der Waals surface area contributed by atoms with Crippen LogP contribution in [-0.2, 0) is 17.8 Å². The zero-order chi connectivity index (χ0) is 21.2. The topological polar surface area (TPSA) is 34.0 Å². The molecule has 0 saturated heterocycles. The molecule has 3 aromatic carbocycles. The normalized spacial score (nSPS) is 17.6. The minimum Gasteiger partial charge on any atom is -0.356 e. The number of nitrogens with zero attached hydrogens (tertiary/aromatic N) is 1. The number of carbonyl (C=O) groups is 1. The molecule has 3 nitrogen and oxygen atoms in total. The van der Waals surface area contributed by atoms with Crippen molar-refractivity contribution in [2.24, 2.45) is 5.92 Å². The summed E-state index contributed by atoms with van der Waals surface area (Å²) in [5.74, 6) is 0.603. The van der Waals surface area contributed by atoms with Crippen LogP contribution < -0.4 is 5.32 Å². The molecule has 0 bridgehead atoms. The Morgan fingerprint density at radius 2 is 1.68 bits per heavy atom. The predicted molar refractivity (Wildman–Crippen MR) is 126 cm³/mol. The van der Waals surface area contributed by atoms with Crippen LogP contribution in [0.3, 0.4) is 0 Å². The Kier molecular flexibility index (Phi) is 5.33. The third kappa shape index (κ3) is 4.27. The Morgan fingerprint density at radius 1 is 0.935 bits per heavy atom. The first-order valence-electron chi connectivity index (χ1n) is 11.1. The van der Waals surface area contributed by atoms with E-state index in [2.05, 4.69) is 83.7 Å². The highest BCUT2D eigenvalue weighted by molar-refractivity contribution is 5.89. The van der Waals surface area contributed by atoms with Crippen molar-refractivity contribution in [2.75, 3.05) is 6.54 Å².